The molecule has 0 aromatic heterocycles. The lowest BCUT2D eigenvalue weighted by molar-refractivity contribution is -0.213. The van der Waals surface area contributed by atoms with Gasteiger partial charge in [0.05, 0.1) is 0 Å². The molecule has 22 heavy (non-hydrogen) atoms. The second-order valence-electron chi connectivity index (χ2n) is 7.57. The Hall–Kier alpha value is -0.753. The van der Waals surface area contributed by atoms with Crippen molar-refractivity contribution in [2.24, 2.45) is 5.92 Å². The largest absolute Gasteiger partial charge is 0.417 e. The zero-order chi connectivity index (χ0) is 17.2. The molecule has 1 aliphatic heterocycles. The first-order valence-electron chi connectivity index (χ1n) is 7.82. The monoisotopic (exact) mass is 326 g/mol. The van der Waals surface area contributed by atoms with Gasteiger partial charge < -0.3 is 14.3 Å². The predicted octanol–water partition coefficient (Wildman–Crippen LogP) is 3.43. The molecule has 1 N–H and O–H groups in total. The zero-order valence-electron chi connectivity index (χ0n) is 14.7. The summed E-state index contributed by atoms with van der Waals surface area (Å²) in [5.74, 6) is -1.73. The molecule has 126 valence electrons. The van der Waals surface area contributed by atoms with Crippen LogP contribution in [0.4, 0.5) is 0 Å². The second kappa shape index (κ2) is 6.79. The number of aliphatic hydroxyl groups is 1. The van der Waals surface area contributed by atoms with Crippen LogP contribution in [0.15, 0.2) is 24.8 Å². The third-order valence-corrected chi connectivity index (χ3v) is 9.24. The van der Waals surface area contributed by atoms with Gasteiger partial charge in [0, 0.05) is 18.9 Å². The Morgan fingerprint density at radius 1 is 1.55 bits per heavy atom. The highest BCUT2D eigenvalue weighted by atomic mass is 28.4. The molecule has 0 spiro atoms. The molecule has 0 bridgehead atoms. The Morgan fingerprint density at radius 3 is 2.64 bits per heavy atom. The first kappa shape index (κ1) is 19.3. The molecule has 3 atom stereocenters. The van der Waals surface area contributed by atoms with Crippen molar-refractivity contribution in [2.45, 2.75) is 64.1 Å². The average Bonchev–Trinajstić information content (AvgIpc) is 2.39. The van der Waals surface area contributed by atoms with Crippen molar-refractivity contribution in [3.8, 4) is 0 Å². The molecule has 0 saturated carbocycles. The molecule has 0 aliphatic carbocycles. The maximum absolute atomic E-state index is 11.9. The second-order valence-corrected chi connectivity index (χ2v) is 12.4. The molecular weight excluding hydrogens is 296 g/mol. The van der Waals surface area contributed by atoms with Gasteiger partial charge in [0.25, 0.3) is 0 Å². The maximum atomic E-state index is 11.9. The van der Waals surface area contributed by atoms with Crippen LogP contribution >= 0.6 is 0 Å². The van der Waals surface area contributed by atoms with E-state index in [0.29, 0.717) is 13.0 Å². The van der Waals surface area contributed by atoms with E-state index in [0.717, 1.165) is 0 Å². The highest BCUT2D eigenvalue weighted by molar-refractivity contribution is 6.74. The summed E-state index contributed by atoms with van der Waals surface area (Å²) in [5.41, 5.74) is 0. The quantitative estimate of drug-likeness (QED) is 0.600. The molecule has 0 fully saturated rings. The van der Waals surface area contributed by atoms with Crippen molar-refractivity contribution >= 4 is 14.1 Å². The summed E-state index contributed by atoms with van der Waals surface area (Å²) in [5, 5.41) is 10.7. The van der Waals surface area contributed by atoms with Crippen LogP contribution in [0.25, 0.3) is 0 Å². The number of ether oxygens (including phenoxy) is 1. The number of carbonyl (C=O) groups is 1. The van der Waals surface area contributed by atoms with E-state index < -0.39 is 20.2 Å². The Kier molecular flexibility index (Phi) is 5.95. The van der Waals surface area contributed by atoms with E-state index in [1.165, 1.54) is 12.2 Å². The Morgan fingerprint density at radius 2 is 2.14 bits per heavy atom. The van der Waals surface area contributed by atoms with Crippen molar-refractivity contribution < 1.29 is 19.1 Å². The number of rotatable bonds is 6. The topological polar surface area (TPSA) is 55.8 Å². The van der Waals surface area contributed by atoms with Crippen molar-refractivity contribution in [1.29, 1.82) is 0 Å². The van der Waals surface area contributed by atoms with E-state index in [4.69, 9.17) is 9.16 Å². The molecule has 1 unspecified atom stereocenters. The summed E-state index contributed by atoms with van der Waals surface area (Å²) in [4.78, 5) is 11.9. The standard InChI is InChI=1S/C17H30O4Si/c1-8-13(2)15-14(18)9-10-17(19,21-15)11-12-20-22(6,7)16(3,4)5/h8-10,13,15,19H,1,11-12H2,2-7H3/t13-,15-,17?/m0/s1. The number of carbonyl (C=O) groups excluding carboxylic acids is 1. The molecule has 1 rings (SSSR count). The highest BCUT2D eigenvalue weighted by Gasteiger charge is 2.40. The van der Waals surface area contributed by atoms with E-state index in [1.54, 1.807) is 6.08 Å². The van der Waals surface area contributed by atoms with Crippen LogP contribution in [0.2, 0.25) is 18.1 Å². The molecule has 0 radical (unpaired) electrons. The van der Waals surface area contributed by atoms with Gasteiger partial charge in [-0.2, -0.15) is 0 Å². The molecule has 4 nitrogen and oxygen atoms in total. The van der Waals surface area contributed by atoms with Gasteiger partial charge in [-0.15, -0.1) is 6.58 Å². The van der Waals surface area contributed by atoms with E-state index in [9.17, 15) is 9.90 Å². The number of hydrogen-bond donors (Lipinski definition) is 1. The smallest absolute Gasteiger partial charge is 0.191 e. The van der Waals surface area contributed by atoms with Gasteiger partial charge in [-0.3, -0.25) is 4.79 Å². The van der Waals surface area contributed by atoms with E-state index in [1.807, 2.05) is 6.92 Å². The minimum atomic E-state index is -1.86. The third-order valence-electron chi connectivity index (χ3n) is 4.70. The lowest BCUT2D eigenvalue weighted by Gasteiger charge is -2.38. The minimum Gasteiger partial charge on any atom is -0.417 e. The van der Waals surface area contributed by atoms with Crippen molar-refractivity contribution in [2.75, 3.05) is 6.61 Å². The van der Waals surface area contributed by atoms with Gasteiger partial charge >= 0.3 is 0 Å². The number of ketones is 1. The summed E-state index contributed by atoms with van der Waals surface area (Å²) in [6.07, 6.45) is 4.12. The summed E-state index contributed by atoms with van der Waals surface area (Å²) < 4.78 is 11.7. The zero-order valence-corrected chi connectivity index (χ0v) is 15.7. The molecule has 0 aromatic carbocycles. The van der Waals surface area contributed by atoms with Gasteiger partial charge in [0.15, 0.2) is 19.9 Å². The maximum Gasteiger partial charge on any atom is 0.191 e. The van der Waals surface area contributed by atoms with Gasteiger partial charge in [-0.05, 0) is 30.3 Å². The van der Waals surface area contributed by atoms with Crippen LogP contribution in [0.3, 0.4) is 0 Å². The van der Waals surface area contributed by atoms with Crippen LogP contribution in [0.1, 0.15) is 34.1 Å². The summed E-state index contributed by atoms with van der Waals surface area (Å²) in [7, 11) is -1.86. The molecule has 0 aromatic rings. The Bertz CT molecular complexity index is 450. The summed E-state index contributed by atoms with van der Waals surface area (Å²) in [6, 6.07) is 0. The molecule has 0 saturated heterocycles. The lowest BCUT2D eigenvalue weighted by Crippen LogP contribution is -2.46. The van der Waals surface area contributed by atoms with Crippen molar-refractivity contribution in [3.05, 3.63) is 24.8 Å². The van der Waals surface area contributed by atoms with Crippen LogP contribution in [-0.4, -0.2) is 37.7 Å². The number of hydrogen-bond acceptors (Lipinski definition) is 4. The van der Waals surface area contributed by atoms with Crippen LogP contribution < -0.4 is 0 Å². The SMILES string of the molecule is C=C[C@H](C)[C@@H]1OC(O)(CCO[Si](C)(C)C(C)(C)C)C=CC1=O. The summed E-state index contributed by atoms with van der Waals surface area (Å²) >= 11 is 0. The molecule has 1 aliphatic rings. The first-order valence-corrected chi connectivity index (χ1v) is 10.7. The van der Waals surface area contributed by atoms with E-state index in [2.05, 4.69) is 40.4 Å². The predicted molar refractivity (Wildman–Crippen MR) is 91.1 cm³/mol. The summed E-state index contributed by atoms with van der Waals surface area (Å²) in [6.45, 7) is 16.8. The highest BCUT2D eigenvalue weighted by Crippen LogP contribution is 2.37. The first-order chi connectivity index (χ1) is 9.92. The van der Waals surface area contributed by atoms with E-state index >= 15 is 0 Å². The van der Waals surface area contributed by atoms with Crippen molar-refractivity contribution in [3.63, 3.8) is 0 Å². The molecule has 1 heterocycles. The Balaban J connectivity index is 2.67. The fraction of sp³-hybridized carbons (Fsp3) is 0.706. The molecule has 0 amide bonds. The lowest BCUT2D eigenvalue weighted by atomic mass is 9.96. The van der Waals surface area contributed by atoms with Crippen molar-refractivity contribution in [1.82, 2.24) is 0 Å². The van der Waals surface area contributed by atoms with Crippen LogP contribution in [0.5, 0.6) is 0 Å². The van der Waals surface area contributed by atoms with Gasteiger partial charge in [-0.1, -0.05) is 33.8 Å². The molecule has 5 heteroatoms. The van der Waals surface area contributed by atoms with Gasteiger partial charge in [-0.25, -0.2) is 0 Å². The fourth-order valence-corrected chi connectivity index (χ4v) is 2.97. The third kappa shape index (κ3) is 4.62. The van der Waals surface area contributed by atoms with Gasteiger partial charge in [0.1, 0.15) is 6.10 Å². The van der Waals surface area contributed by atoms with Gasteiger partial charge in [0.2, 0.25) is 0 Å². The fourth-order valence-electron chi connectivity index (χ4n) is 1.93. The van der Waals surface area contributed by atoms with Crippen LogP contribution in [0, 0.1) is 5.92 Å². The Labute approximate surface area is 135 Å². The normalized spacial score (nSPS) is 27.8. The average molecular weight is 327 g/mol. The van der Waals surface area contributed by atoms with E-state index in [-0.39, 0.29) is 16.7 Å². The minimum absolute atomic E-state index is 0.120. The van der Waals surface area contributed by atoms with Crippen LogP contribution in [-0.2, 0) is 14.0 Å². The molecular formula is C17H30O4Si.